The van der Waals surface area contributed by atoms with Gasteiger partial charge in [-0.3, -0.25) is 4.79 Å². The van der Waals surface area contributed by atoms with Crippen molar-refractivity contribution in [2.75, 3.05) is 33.8 Å². The van der Waals surface area contributed by atoms with Crippen LogP contribution in [0.5, 0.6) is 11.5 Å². The molecule has 0 aliphatic carbocycles. The smallest absolute Gasteiger partial charge is 0.395 e. The van der Waals surface area contributed by atoms with Crippen molar-refractivity contribution in [1.82, 2.24) is 14.2 Å². The van der Waals surface area contributed by atoms with E-state index in [2.05, 4.69) is 14.5 Å². The SMILES string of the molecule is CCN(C)S(=O)(=O)C1CCN(C(=O)c2cc(C#N)c(-c3ccc4c(c3)OC(F)(F)O4)nc2COC)CC1. The van der Waals surface area contributed by atoms with Gasteiger partial charge in [-0.15, -0.1) is 8.78 Å². The van der Waals surface area contributed by atoms with Crippen LogP contribution >= 0.6 is 0 Å². The van der Waals surface area contributed by atoms with E-state index in [0.29, 0.717) is 12.1 Å². The first-order valence-corrected chi connectivity index (χ1v) is 13.1. The molecule has 10 nitrogen and oxygen atoms in total. The Morgan fingerprint density at radius 3 is 2.57 bits per heavy atom. The van der Waals surface area contributed by atoms with Gasteiger partial charge in [0.15, 0.2) is 11.5 Å². The monoisotopic (exact) mass is 536 g/mol. The number of piperidine rings is 1. The molecule has 1 saturated heterocycles. The minimum absolute atomic E-state index is 0.0471. The first-order chi connectivity index (χ1) is 17.5. The zero-order chi connectivity index (χ0) is 27.0. The highest BCUT2D eigenvalue weighted by Crippen LogP contribution is 2.43. The Morgan fingerprint density at radius 2 is 1.95 bits per heavy atom. The van der Waals surface area contributed by atoms with Gasteiger partial charge in [-0.05, 0) is 37.1 Å². The maximum Gasteiger partial charge on any atom is 0.586 e. The summed E-state index contributed by atoms with van der Waals surface area (Å²) in [4.78, 5) is 19.5. The van der Waals surface area contributed by atoms with Gasteiger partial charge in [0.1, 0.15) is 6.07 Å². The molecule has 2 aromatic rings. The van der Waals surface area contributed by atoms with Crippen molar-refractivity contribution in [2.24, 2.45) is 0 Å². The number of fused-ring (bicyclic) bond motifs is 1. The fraction of sp³-hybridized carbons (Fsp3) is 0.458. The van der Waals surface area contributed by atoms with Gasteiger partial charge in [0.25, 0.3) is 5.91 Å². The van der Waals surface area contributed by atoms with Crippen LogP contribution in [0.2, 0.25) is 0 Å². The van der Waals surface area contributed by atoms with Gasteiger partial charge in [0.05, 0.1) is 34.4 Å². The number of nitriles is 1. The maximum atomic E-state index is 13.4. The minimum atomic E-state index is -3.79. The maximum absolute atomic E-state index is 13.4. The third kappa shape index (κ3) is 5.22. The Morgan fingerprint density at radius 1 is 1.27 bits per heavy atom. The van der Waals surface area contributed by atoms with E-state index in [1.54, 1.807) is 6.92 Å². The highest BCUT2D eigenvalue weighted by Gasteiger charge is 2.43. The molecule has 3 heterocycles. The fourth-order valence-electron chi connectivity index (χ4n) is 4.35. The number of ether oxygens (including phenoxy) is 3. The predicted octanol–water partition coefficient (Wildman–Crippen LogP) is 2.97. The molecule has 0 spiro atoms. The number of pyridine rings is 1. The number of aromatic nitrogens is 1. The summed E-state index contributed by atoms with van der Waals surface area (Å²) in [5.74, 6) is -0.743. The van der Waals surface area contributed by atoms with Gasteiger partial charge >= 0.3 is 6.29 Å². The number of methoxy groups -OCH3 is 1. The average Bonchev–Trinajstić information content (AvgIpc) is 3.20. The van der Waals surface area contributed by atoms with Crippen molar-refractivity contribution in [3.63, 3.8) is 0 Å². The number of likely N-dealkylation sites (tertiary alicyclic amines) is 1. The molecule has 0 unspecified atom stereocenters. The highest BCUT2D eigenvalue weighted by atomic mass is 32.2. The zero-order valence-corrected chi connectivity index (χ0v) is 21.3. The number of hydrogen-bond acceptors (Lipinski definition) is 8. The fourth-order valence-corrected chi connectivity index (χ4v) is 6.02. The summed E-state index contributed by atoms with van der Waals surface area (Å²) < 4.78 is 67.7. The third-order valence-electron chi connectivity index (χ3n) is 6.44. The highest BCUT2D eigenvalue weighted by molar-refractivity contribution is 7.89. The lowest BCUT2D eigenvalue weighted by Gasteiger charge is -2.33. The second-order valence-corrected chi connectivity index (χ2v) is 11.0. The van der Waals surface area contributed by atoms with Crippen molar-refractivity contribution in [3.8, 4) is 28.8 Å². The number of halogens is 2. The van der Waals surface area contributed by atoms with E-state index in [1.807, 2.05) is 6.07 Å². The molecule has 1 aromatic heterocycles. The van der Waals surface area contributed by atoms with Crippen molar-refractivity contribution >= 4 is 15.9 Å². The molecular formula is C24H26F2N4O6S. The predicted molar refractivity (Wildman–Crippen MR) is 127 cm³/mol. The number of carbonyl (C=O) groups excluding carboxylic acids is 1. The number of hydrogen-bond donors (Lipinski definition) is 0. The average molecular weight is 537 g/mol. The Kier molecular flexibility index (Phi) is 7.36. The number of nitrogens with zero attached hydrogens (tertiary/aromatic N) is 4. The van der Waals surface area contributed by atoms with Crippen LogP contribution in [0.4, 0.5) is 8.78 Å². The largest absolute Gasteiger partial charge is 0.586 e. The molecule has 0 bridgehead atoms. The number of benzene rings is 1. The molecular weight excluding hydrogens is 510 g/mol. The van der Waals surface area contributed by atoms with Crippen LogP contribution in [0.15, 0.2) is 24.3 Å². The molecule has 4 rings (SSSR count). The van der Waals surface area contributed by atoms with Crippen LogP contribution in [0.3, 0.4) is 0 Å². The zero-order valence-electron chi connectivity index (χ0n) is 20.5. The van der Waals surface area contributed by atoms with Crippen molar-refractivity contribution in [3.05, 3.63) is 41.1 Å². The van der Waals surface area contributed by atoms with Gasteiger partial charge < -0.3 is 19.1 Å². The summed E-state index contributed by atoms with van der Waals surface area (Å²) in [7, 11) is -0.486. The number of rotatable bonds is 7. The normalized spacial score (nSPS) is 17.2. The van der Waals surface area contributed by atoms with E-state index in [0.717, 1.165) is 0 Å². The lowest BCUT2D eigenvalue weighted by atomic mass is 10.0. The molecule has 1 aromatic carbocycles. The number of amides is 1. The van der Waals surface area contributed by atoms with E-state index >= 15 is 0 Å². The number of carbonyl (C=O) groups is 1. The van der Waals surface area contributed by atoms with Crippen molar-refractivity contribution < 1.29 is 36.2 Å². The quantitative estimate of drug-likeness (QED) is 0.530. The third-order valence-corrected chi connectivity index (χ3v) is 8.88. The van der Waals surface area contributed by atoms with Crippen molar-refractivity contribution in [1.29, 1.82) is 5.26 Å². The molecule has 2 aliphatic heterocycles. The summed E-state index contributed by atoms with van der Waals surface area (Å²) in [6.07, 6.45) is -3.21. The van der Waals surface area contributed by atoms with Gasteiger partial charge in [0.2, 0.25) is 10.0 Å². The van der Waals surface area contributed by atoms with Crippen LogP contribution in [-0.2, 0) is 21.4 Å². The minimum Gasteiger partial charge on any atom is -0.395 e. The van der Waals surface area contributed by atoms with Crippen LogP contribution in [-0.4, -0.2) is 73.9 Å². The van der Waals surface area contributed by atoms with E-state index < -0.39 is 27.5 Å². The van der Waals surface area contributed by atoms with Crippen LogP contribution in [0.25, 0.3) is 11.3 Å². The molecule has 0 N–H and O–H groups in total. The molecule has 2 aliphatic rings. The summed E-state index contributed by atoms with van der Waals surface area (Å²) in [6, 6.07) is 7.45. The Balaban J connectivity index is 1.62. The van der Waals surface area contributed by atoms with Gasteiger partial charge in [-0.1, -0.05) is 6.92 Å². The topological polar surface area (TPSA) is 122 Å². The van der Waals surface area contributed by atoms with Gasteiger partial charge in [-0.2, -0.15) is 5.26 Å². The second-order valence-electron chi connectivity index (χ2n) is 8.70. The van der Waals surface area contributed by atoms with Gasteiger partial charge in [0, 0.05) is 39.4 Å². The molecule has 0 radical (unpaired) electrons. The molecule has 1 amide bonds. The second kappa shape index (κ2) is 10.2. The summed E-state index contributed by atoms with van der Waals surface area (Å²) in [5, 5.41) is 9.22. The first-order valence-electron chi connectivity index (χ1n) is 11.6. The van der Waals surface area contributed by atoms with E-state index in [1.165, 1.54) is 47.6 Å². The van der Waals surface area contributed by atoms with Crippen LogP contribution in [0.1, 0.15) is 41.4 Å². The van der Waals surface area contributed by atoms with Crippen LogP contribution < -0.4 is 9.47 Å². The Bertz CT molecular complexity index is 1350. The molecule has 198 valence electrons. The van der Waals surface area contributed by atoms with E-state index in [4.69, 9.17) is 4.74 Å². The number of alkyl halides is 2. The van der Waals surface area contributed by atoms with E-state index in [9.17, 15) is 27.3 Å². The molecule has 1 fully saturated rings. The molecule has 0 atom stereocenters. The number of sulfonamides is 1. The molecule has 37 heavy (non-hydrogen) atoms. The Labute approximate surface area is 213 Å². The lowest BCUT2D eigenvalue weighted by molar-refractivity contribution is -0.286. The summed E-state index contributed by atoms with van der Waals surface area (Å²) >= 11 is 0. The molecule has 0 saturated carbocycles. The van der Waals surface area contributed by atoms with Crippen LogP contribution in [0, 0.1) is 11.3 Å². The summed E-state index contributed by atoms with van der Waals surface area (Å²) in [5.41, 5.74) is 0.946. The lowest BCUT2D eigenvalue weighted by Crippen LogP contribution is -2.46. The summed E-state index contributed by atoms with van der Waals surface area (Å²) in [6.45, 7) is 2.53. The van der Waals surface area contributed by atoms with Gasteiger partial charge in [-0.25, -0.2) is 17.7 Å². The van der Waals surface area contributed by atoms with Crippen molar-refractivity contribution in [2.45, 2.75) is 37.9 Å². The standard InChI is InChI=1S/C24H26F2N4O6S/c1-4-29(2)37(32,33)17-7-9-30(10-8-17)23(31)18-11-16(13-27)22(28-19(18)14-34-3)15-5-6-20-21(12-15)36-24(25,26)35-20/h5-6,11-12,17H,4,7-10,14H2,1-3H3. The van der Waals surface area contributed by atoms with E-state index in [-0.39, 0.29) is 66.6 Å². The molecule has 13 heteroatoms. The Hall–Kier alpha value is -3.34. The first kappa shape index (κ1) is 26.7.